The van der Waals surface area contributed by atoms with Crippen LogP contribution < -0.4 is 5.32 Å². The highest BCUT2D eigenvalue weighted by molar-refractivity contribution is 5.99. The number of guanidine groups is 2. The first-order valence-corrected chi connectivity index (χ1v) is 6.35. The van der Waals surface area contributed by atoms with Gasteiger partial charge in [0.15, 0.2) is 0 Å². The molecule has 1 aliphatic rings. The predicted octanol–water partition coefficient (Wildman–Crippen LogP) is 1.33. The summed E-state index contributed by atoms with van der Waals surface area (Å²) >= 11 is 0. The fourth-order valence-electron chi connectivity index (χ4n) is 1.67. The van der Waals surface area contributed by atoms with Gasteiger partial charge >= 0.3 is 0 Å². The van der Waals surface area contributed by atoms with E-state index in [-0.39, 0.29) is 6.17 Å². The van der Waals surface area contributed by atoms with Gasteiger partial charge < -0.3 is 9.80 Å². The molecule has 0 radical (unpaired) electrons. The van der Waals surface area contributed by atoms with Crippen LogP contribution in [0.1, 0.15) is 33.1 Å². The van der Waals surface area contributed by atoms with E-state index in [1.807, 2.05) is 25.9 Å². The van der Waals surface area contributed by atoms with Crippen LogP contribution in [0.5, 0.6) is 0 Å². The summed E-state index contributed by atoms with van der Waals surface area (Å²) < 4.78 is 0. The third-order valence-electron chi connectivity index (χ3n) is 2.72. The van der Waals surface area contributed by atoms with Crippen molar-refractivity contribution in [2.45, 2.75) is 39.3 Å². The zero-order valence-corrected chi connectivity index (χ0v) is 11.7. The first-order chi connectivity index (χ1) is 8.04. The smallest absolute Gasteiger partial charge is 0.202 e. The van der Waals surface area contributed by atoms with E-state index in [4.69, 9.17) is 0 Å². The molecule has 5 heteroatoms. The summed E-state index contributed by atoms with van der Waals surface area (Å²) in [6, 6.07) is 0. The van der Waals surface area contributed by atoms with E-state index in [9.17, 15) is 0 Å². The average Bonchev–Trinajstić information content (AvgIpc) is 2.28. The highest BCUT2D eigenvalue weighted by atomic mass is 15.4. The van der Waals surface area contributed by atoms with Crippen LogP contribution in [-0.2, 0) is 0 Å². The second-order valence-corrected chi connectivity index (χ2v) is 4.69. The van der Waals surface area contributed by atoms with Gasteiger partial charge in [-0.15, -0.1) is 0 Å². The first kappa shape index (κ1) is 13.8. The van der Waals surface area contributed by atoms with Crippen LogP contribution in [0.4, 0.5) is 0 Å². The van der Waals surface area contributed by atoms with Gasteiger partial charge in [0.25, 0.3) is 0 Å². The molecule has 1 heterocycles. The molecule has 1 N–H and O–H groups in total. The van der Waals surface area contributed by atoms with Crippen LogP contribution in [0.25, 0.3) is 0 Å². The summed E-state index contributed by atoms with van der Waals surface area (Å²) in [6.07, 6.45) is 3.71. The minimum Gasteiger partial charge on any atom is -0.349 e. The van der Waals surface area contributed by atoms with Gasteiger partial charge in [-0.25, -0.2) is 9.98 Å². The lowest BCUT2D eigenvalue weighted by atomic mass is 10.2. The first-order valence-electron chi connectivity index (χ1n) is 6.35. The van der Waals surface area contributed by atoms with Crippen LogP contribution in [0.3, 0.4) is 0 Å². The van der Waals surface area contributed by atoms with E-state index in [0.29, 0.717) is 0 Å². The third-order valence-corrected chi connectivity index (χ3v) is 2.72. The number of unbranched alkanes of at least 4 members (excludes halogenated alkanes) is 2. The van der Waals surface area contributed by atoms with Gasteiger partial charge in [-0.1, -0.05) is 19.8 Å². The van der Waals surface area contributed by atoms with E-state index in [0.717, 1.165) is 18.5 Å². The van der Waals surface area contributed by atoms with E-state index in [2.05, 4.69) is 34.2 Å². The maximum Gasteiger partial charge on any atom is 0.202 e. The van der Waals surface area contributed by atoms with E-state index in [1.165, 1.54) is 19.3 Å². The molecule has 0 saturated carbocycles. The molecule has 1 aliphatic heterocycles. The topological polar surface area (TPSA) is 43.2 Å². The van der Waals surface area contributed by atoms with Crippen LogP contribution in [-0.4, -0.2) is 55.6 Å². The van der Waals surface area contributed by atoms with Crippen LogP contribution in [0.2, 0.25) is 0 Å². The predicted molar refractivity (Wildman–Crippen MR) is 73.3 cm³/mol. The normalized spacial score (nSPS) is 19.2. The van der Waals surface area contributed by atoms with Crippen molar-refractivity contribution in [1.82, 2.24) is 15.1 Å². The molecule has 0 amide bonds. The number of rotatable bonds is 4. The molecule has 1 atom stereocenters. The molecular weight excluding hydrogens is 214 g/mol. The summed E-state index contributed by atoms with van der Waals surface area (Å²) in [7, 11) is 6.05. The van der Waals surface area contributed by atoms with Gasteiger partial charge in [-0.3, -0.25) is 5.32 Å². The molecule has 1 rings (SSSR count). The van der Waals surface area contributed by atoms with E-state index in [1.54, 1.807) is 0 Å². The monoisotopic (exact) mass is 239 g/mol. The number of aliphatic imine (C=N–C) groups is 2. The third kappa shape index (κ3) is 4.24. The van der Waals surface area contributed by atoms with Crippen molar-refractivity contribution in [2.75, 3.05) is 27.7 Å². The molecule has 1 unspecified atom stereocenters. The SMILES string of the molecule is CCCCCN(C)C1=NC(C)N=C(N(C)C)N1. The van der Waals surface area contributed by atoms with Crippen molar-refractivity contribution in [1.29, 1.82) is 0 Å². The average molecular weight is 239 g/mol. The summed E-state index contributed by atoms with van der Waals surface area (Å²) in [4.78, 5) is 13.1. The minimum atomic E-state index is -0.00252. The maximum absolute atomic E-state index is 4.51. The Bertz CT molecular complexity index is 295. The van der Waals surface area contributed by atoms with E-state index < -0.39 is 0 Å². The molecular formula is C12H25N5. The number of hydrogen-bond acceptors (Lipinski definition) is 5. The van der Waals surface area contributed by atoms with Gasteiger partial charge in [-0.2, -0.15) is 0 Å². The Labute approximate surface area is 105 Å². The molecule has 0 fully saturated rings. The number of nitrogens with one attached hydrogen (secondary N) is 1. The van der Waals surface area contributed by atoms with Crippen molar-refractivity contribution in [3.63, 3.8) is 0 Å². The Balaban J connectivity index is 2.54. The second-order valence-electron chi connectivity index (χ2n) is 4.69. The van der Waals surface area contributed by atoms with Crippen molar-refractivity contribution >= 4 is 11.9 Å². The zero-order chi connectivity index (χ0) is 12.8. The van der Waals surface area contributed by atoms with Crippen LogP contribution in [0.15, 0.2) is 9.98 Å². The van der Waals surface area contributed by atoms with Crippen molar-refractivity contribution in [3.8, 4) is 0 Å². The van der Waals surface area contributed by atoms with Gasteiger partial charge in [0.05, 0.1) is 0 Å². The molecule has 0 bridgehead atoms. The van der Waals surface area contributed by atoms with E-state index >= 15 is 0 Å². The lowest BCUT2D eigenvalue weighted by Crippen LogP contribution is -2.50. The Morgan fingerprint density at radius 2 is 1.76 bits per heavy atom. The fraction of sp³-hybridized carbons (Fsp3) is 0.833. The molecule has 98 valence electrons. The summed E-state index contributed by atoms with van der Waals surface area (Å²) in [6.45, 7) is 5.26. The summed E-state index contributed by atoms with van der Waals surface area (Å²) in [5.74, 6) is 1.80. The Kier molecular flexibility index (Phi) is 5.25. The number of hydrogen-bond donors (Lipinski definition) is 1. The van der Waals surface area contributed by atoms with Crippen molar-refractivity contribution in [2.24, 2.45) is 9.98 Å². The lowest BCUT2D eigenvalue weighted by molar-refractivity contribution is 0.452. The molecule has 0 saturated heterocycles. The maximum atomic E-state index is 4.51. The number of nitrogens with zero attached hydrogens (tertiary/aromatic N) is 4. The Hall–Kier alpha value is -1.26. The molecule has 17 heavy (non-hydrogen) atoms. The quantitative estimate of drug-likeness (QED) is 0.753. The molecule has 5 nitrogen and oxygen atoms in total. The molecule has 0 aliphatic carbocycles. The molecule has 0 spiro atoms. The van der Waals surface area contributed by atoms with Crippen molar-refractivity contribution < 1.29 is 0 Å². The van der Waals surface area contributed by atoms with Gasteiger partial charge in [0.1, 0.15) is 6.17 Å². The molecule has 0 aromatic carbocycles. The molecule has 0 aromatic heterocycles. The fourth-order valence-corrected chi connectivity index (χ4v) is 1.67. The van der Waals surface area contributed by atoms with Gasteiger partial charge in [0, 0.05) is 27.7 Å². The van der Waals surface area contributed by atoms with Crippen molar-refractivity contribution in [3.05, 3.63) is 0 Å². The molecule has 0 aromatic rings. The highest BCUT2D eigenvalue weighted by Crippen LogP contribution is 2.04. The lowest BCUT2D eigenvalue weighted by Gasteiger charge is -2.29. The highest BCUT2D eigenvalue weighted by Gasteiger charge is 2.17. The van der Waals surface area contributed by atoms with Crippen LogP contribution >= 0.6 is 0 Å². The second kappa shape index (κ2) is 6.47. The largest absolute Gasteiger partial charge is 0.349 e. The zero-order valence-electron chi connectivity index (χ0n) is 11.7. The standard InChI is InChI=1S/C12H25N5/c1-6-7-8-9-17(5)12-14-10(2)13-11(15-12)16(3)4/h10H,6-9H2,1-5H3,(H,13,14,15). The summed E-state index contributed by atoms with van der Waals surface area (Å²) in [5.41, 5.74) is 0. The van der Waals surface area contributed by atoms with Gasteiger partial charge in [0.2, 0.25) is 11.9 Å². The minimum absolute atomic E-state index is 0.00252. The summed E-state index contributed by atoms with van der Waals surface area (Å²) in [5, 5.41) is 3.26. The van der Waals surface area contributed by atoms with Crippen LogP contribution in [0, 0.1) is 0 Å². The Morgan fingerprint density at radius 3 is 2.35 bits per heavy atom. The Morgan fingerprint density at radius 1 is 1.12 bits per heavy atom. The van der Waals surface area contributed by atoms with Gasteiger partial charge in [-0.05, 0) is 13.3 Å².